The first-order chi connectivity index (χ1) is 10.7. The summed E-state index contributed by atoms with van der Waals surface area (Å²) < 4.78 is 6.97. The van der Waals surface area contributed by atoms with Gasteiger partial charge in [-0.2, -0.15) is 5.10 Å². The summed E-state index contributed by atoms with van der Waals surface area (Å²) in [4.78, 5) is 12.0. The van der Waals surface area contributed by atoms with Crippen LogP contribution in [0.25, 0.3) is 0 Å². The van der Waals surface area contributed by atoms with Gasteiger partial charge in [-0.15, -0.1) is 0 Å². The van der Waals surface area contributed by atoms with Gasteiger partial charge in [0.1, 0.15) is 11.4 Å². The minimum absolute atomic E-state index is 0.453. The van der Waals surface area contributed by atoms with Crippen molar-refractivity contribution >= 4 is 11.9 Å². The molecular weight excluding hydrogens is 292 g/mol. The molecule has 1 heterocycles. The highest BCUT2D eigenvalue weighted by molar-refractivity contribution is 5.84. The molecule has 0 spiro atoms. The number of aromatic nitrogens is 2. The predicted octanol–water partition coefficient (Wildman–Crippen LogP) is 3.29. The first-order valence-corrected chi connectivity index (χ1v) is 8.40. The van der Waals surface area contributed by atoms with E-state index in [-0.39, 0.29) is 0 Å². The zero-order valence-corrected chi connectivity index (χ0v) is 15.1. The Morgan fingerprint density at radius 1 is 1.43 bits per heavy atom. The molecule has 6 nitrogen and oxygen atoms in total. The molecule has 0 bridgehead atoms. The average Bonchev–Trinajstić information content (AvgIpc) is 2.66. The lowest BCUT2D eigenvalue weighted by Gasteiger charge is -2.38. The van der Waals surface area contributed by atoms with Gasteiger partial charge in [0.2, 0.25) is 0 Å². The van der Waals surface area contributed by atoms with Crippen molar-refractivity contribution in [2.75, 3.05) is 5.32 Å². The topological polar surface area (TPSA) is 68.2 Å². The van der Waals surface area contributed by atoms with Crippen molar-refractivity contribution in [3.63, 3.8) is 0 Å². The van der Waals surface area contributed by atoms with E-state index in [1.807, 2.05) is 27.8 Å². The standard InChI is InChI=1S/C17H30N4O2/c1-11(2)12-7-14(8-12)18-9-13-10-19-21(6)15(13)20-16(22)23-17(3,4)5/h10-12,14,18H,7-9H2,1-6H3,(H,20,22). The first-order valence-electron chi connectivity index (χ1n) is 8.40. The Hall–Kier alpha value is -1.56. The fourth-order valence-corrected chi connectivity index (χ4v) is 2.80. The summed E-state index contributed by atoms with van der Waals surface area (Å²) in [5, 5.41) is 10.6. The Balaban J connectivity index is 1.88. The van der Waals surface area contributed by atoms with Gasteiger partial charge in [0.25, 0.3) is 0 Å². The average molecular weight is 322 g/mol. The van der Waals surface area contributed by atoms with Crippen LogP contribution in [-0.2, 0) is 18.3 Å². The minimum atomic E-state index is -0.515. The molecule has 0 saturated heterocycles. The van der Waals surface area contributed by atoms with Crippen molar-refractivity contribution in [1.82, 2.24) is 15.1 Å². The molecule has 6 heteroatoms. The Morgan fingerprint density at radius 2 is 2.09 bits per heavy atom. The van der Waals surface area contributed by atoms with Gasteiger partial charge in [0.15, 0.2) is 0 Å². The van der Waals surface area contributed by atoms with Gasteiger partial charge in [-0.05, 0) is 45.4 Å². The lowest BCUT2D eigenvalue weighted by molar-refractivity contribution is 0.0634. The van der Waals surface area contributed by atoms with Crippen LogP contribution in [0.2, 0.25) is 0 Å². The number of hydrogen-bond acceptors (Lipinski definition) is 4. The zero-order valence-electron chi connectivity index (χ0n) is 15.1. The van der Waals surface area contributed by atoms with E-state index in [0.717, 1.165) is 17.4 Å². The second-order valence-electron chi connectivity index (χ2n) is 7.82. The van der Waals surface area contributed by atoms with Crippen LogP contribution >= 0.6 is 0 Å². The van der Waals surface area contributed by atoms with E-state index in [9.17, 15) is 4.79 Å². The van der Waals surface area contributed by atoms with Crippen LogP contribution in [0.4, 0.5) is 10.6 Å². The van der Waals surface area contributed by atoms with E-state index in [1.165, 1.54) is 12.8 Å². The number of rotatable bonds is 5. The maximum Gasteiger partial charge on any atom is 0.413 e. The van der Waals surface area contributed by atoms with Crippen LogP contribution < -0.4 is 10.6 Å². The van der Waals surface area contributed by atoms with Gasteiger partial charge in [-0.1, -0.05) is 13.8 Å². The maximum absolute atomic E-state index is 12.0. The number of aryl methyl sites for hydroxylation is 1. The van der Waals surface area contributed by atoms with E-state index >= 15 is 0 Å². The summed E-state index contributed by atoms with van der Waals surface area (Å²) in [6, 6.07) is 0.567. The maximum atomic E-state index is 12.0. The Labute approximate surface area is 139 Å². The fourth-order valence-electron chi connectivity index (χ4n) is 2.80. The van der Waals surface area contributed by atoms with Gasteiger partial charge in [0, 0.05) is 25.2 Å². The molecule has 1 aliphatic rings. The minimum Gasteiger partial charge on any atom is -0.444 e. The zero-order chi connectivity index (χ0) is 17.2. The van der Waals surface area contributed by atoms with E-state index in [4.69, 9.17) is 4.74 Å². The van der Waals surface area contributed by atoms with Crippen LogP contribution in [0.3, 0.4) is 0 Å². The molecule has 2 N–H and O–H groups in total. The molecule has 1 aromatic rings. The second-order valence-corrected chi connectivity index (χ2v) is 7.82. The van der Waals surface area contributed by atoms with Gasteiger partial charge < -0.3 is 10.1 Å². The summed E-state index contributed by atoms with van der Waals surface area (Å²) >= 11 is 0. The van der Waals surface area contributed by atoms with Gasteiger partial charge >= 0.3 is 6.09 Å². The third-order valence-corrected chi connectivity index (χ3v) is 4.33. The number of hydrogen-bond donors (Lipinski definition) is 2. The van der Waals surface area contributed by atoms with Crippen LogP contribution in [0.15, 0.2) is 6.20 Å². The van der Waals surface area contributed by atoms with Crippen LogP contribution in [0.1, 0.15) is 53.0 Å². The van der Waals surface area contributed by atoms with Gasteiger partial charge in [-0.3, -0.25) is 10.00 Å². The molecule has 1 fully saturated rings. The molecule has 0 radical (unpaired) electrons. The van der Waals surface area contributed by atoms with Crippen LogP contribution in [0, 0.1) is 11.8 Å². The number of nitrogens with one attached hydrogen (secondary N) is 2. The molecule has 1 amide bonds. The molecule has 0 unspecified atom stereocenters. The third kappa shape index (κ3) is 4.96. The monoisotopic (exact) mass is 322 g/mol. The Morgan fingerprint density at radius 3 is 2.65 bits per heavy atom. The van der Waals surface area contributed by atoms with Crippen molar-refractivity contribution < 1.29 is 9.53 Å². The lowest BCUT2D eigenvalue weighted by Crippen LogP contribution is -2.42. The van der Waals surface area contributed by atoms with Gasteiger partial charge in [0.05, 0.1) is 6.20 Å². The number of amides is 1. The third-order valence-electron chi connectivity index (χ3n) is 4.33. The van der Waals surface area contributed by atoms with Crippen molar-refractivity contribution in [2.24, 2.45) is 18.9 Å². The molecular formula is C17H30N4O2. The van der Waals surface area contributed by atoms with Gasteiger partial charge in [-0.25, -0.2) is 4.79 Å². The second kappa shape index (κ2) is 6.91. The molecule has 1 aliphatic carbocycles. The van der Waals surface area contributed by atoms with E-state index in [2.05, 4.69) is 29.6 Å². The lowest BCUT2D eigenvalue weighted by atomic mass is 9.73. The number of ether oxygens (including phenoxy) is 1. The van der Waals surface area contributed by atoms with E-state index in [1.54, 1.807) is 10.9 Å². The molecule has 0 aromatic carbocycles. The van der Waals surface area contributed by atoms with E-state index in [0.29, 0.717) is 18.4 Å². The Kier molecular flexibility index (Phi) is 5.34. The van der Waals surface area contributed by atoms with Crippen molar-refractivity contribution in [3.05, 3.63) is 11.8 Å². The molecule has 1 saturated carbocycles. The number of carbonyl (C=O) groups excluding carboxylic acids is 1. The highest BCUT2D eigenvalue weighted by Gasteiger charge is 2.30. The summed E-state index contributed by atoms with van der Waals surface area (Å²) in [5.74, 6) is 2.28. The van der Waals surface area contributed by atoms with E-state index < -0.39 is 11.7 Å². The Bertz CT molecular complexity index is 539. The SMILES string of the molecule is CC(C)C1CC(NCc2cnn(C)c2NC(=O)OC(C)(C)C)C1. The van der Waals surface area contributed by atoms with Crippen LogP contribution in [-0.4, -0.2) is 27.5 Å². The largest absolute Gasteiger partial charge is 0.444 e. The normalized spacial score (nSPS) is 21.2. The van der Waals surface area contributed by atoms with Crippen molar-refractivity contribution in [3.8, 4) is 0 Å². The molecule has 130 valence electrons. The summed E-state index contributed by atoms with van der Waals surface area (Å²) in [7, 11) is 1.81. The molecule has 2 rings (SSSR count). The van der Waals surface area contributed by atoms with Crippen LogP contribution in [0.5, 0.6) is 0 Å². The number of nitrogens with zero attached hydrogens (tertiary/aromatic N) is 2. The number of anilines is 1. The van der Waals surface area contributed by atoms with Crippen molar-refractivity contribution in [2.45, 2.75) is 65.6 Å². The number of carbonyl (C=O) groups is 1. The smallest absolute Gasteiger partial charge is 0.413 e. The predicted molar refractivity (Wildman–Crippen MR) is 91.3 cm³/mol. The molecule has 1 aromatic heterocycles. The molecule has 0 atom stereocenters. The van der Waals surface area contributed by atoms with Crippen molar-refractivity contribution in [1.29, 1.82) is 0 Å². The summed E-state index contributed by atoms with van der Waals surface area (Å²) in [6.45, 7) is 10.8. The quantitative estimate of drug-likeness (QED) is 0.873. The first kappa shape index (κ1) is 17.8. The fraction of sp³-hybridized carbons (Fsp3) is 0.765. The highest BCUT2D eigenvalue weighted by Crippen LogP contribution is 2.33. The summed E-state index contributed by atoms with van der Waals surface area (Å²) in [5.41, 5.74) is 0.463. The highest BCUT2D eigenvalue weighted by atomic mass is 16.6. The molecule has 23 heavy (non-hydrogen) atoms. The summed E-state index contributed by atoms with van der Waals surface area (Å²) in [6.07, 6.45) is 3.79. The molecule has 0 aliphatic heterocycles.